The molecule has 0 aromatic heterocycles. The monoisotopic (exact) mass is 364 g/mol. The molecule has 1 rings (SSSR count). The number of benzene rings is 1. The fourth-order valence-electron chi connectivity index (χ4n) is 1.81. The van der Waals surface area contributed by atoms with Gasteiger partial charge in [-0.2, -0.15) is 0 Å². The smallest absolute Gasteiger partial charge is 0.300 e. The van der Waals surface area contributed by atoms with E-state index in [0.717, 1.165) is 13.3 Å². The summed E-state index contributed by atoms with van der Waals surface area (Å²) in [6.07, 6.45) is 7.82. The second kappa shape index (κ2) is 15.3. The predicted octanol–water partition coefficient (Wildman–Crippen LogP) is 5.05. The number of aliphatic carboxylic acids is 1. The molecular formula is C22H36O4. The van der Waals surface area contributed by atoms with Crippen LogP contribution >= 0.6 is 0 Å². The number of carbonyl (C=O) groups is 2. The minimum Gasteiger partial charge on any atom is -0.481 e. The number of allylic oxidation sites excluding steroid dienone is 2. The first-order valence-electron chi connectivity index (χ1n) is 9.15. The second-order valence-electron chi connectivity index (χ2n) is 7.10. The minimum atomic E-state index is -0.833. The van der Waals surface area contributed by atoms with E-state index < -0.39 is 11.6 Å². The Morgan fingerprint density at radius 3 is 2.04 bits per heavy atom. The van der Waals surface area contributed by atoms with Gasteiger partial charge in [0, 0.05) is 19.3 Å². The zero-order valence-corrected chi connectivity index (χ0v) is 17.2. The van der Waals surface area contributed by atoms with Gasteiger partial charge in [0.25, 0.3) is 5.97 Å². The zero-order valence-electron chi connectivity index (χ0n) is 17.2. The largest absolute Gasteiger partial charge is 0.481 e. The lowest BCUT2D eigenvalue weighted by molar-refractivity contribution is -0.134. The van der Waals surface area contributed by atoms with Gasteiger partial charge in [0.15, 0.2) is 5.78 Å². The average Bonchev–Trinajstić information content (AvgIpc) is 2.50. The van der Waals surface area contributed by atoms with Crippen molar-refractivity contribution in [2.24, 2.45) is 5.92 Å². The van der Waals surface area contributed by atoms with Crippen LogP contribution in [0, 0.1) is 5.92 Å². The summed E-state index contributed by atoms with van der Waals surface area (Å²) in [7, 11) is 0. The Balaban J connectivity index is 0. The molecule has 0 saturated heterocycles. The first-order valence-corrected chi connectivity index (χ1v) is 9.15. The molecule has 1 aromatic rings. The van der Waals surface area contributed by atoms with Gasteiger partial charge in [0.05, 0.1) is 5.60 Å². The first kappa shape index (κ1) is 26.3. The molecule has 4 heteroatoms. The quantitative estimate of drug-likeness (QED) is 0.524. The molecule has 0 spiro atoms. The van der Waals surface area contributed by atoms with E-state index in [4.69, 9.17) is 9.90 Å². The number of carboxylic acids is 1. The topological polar surface area (TPSA) is 74.6 Å². The molecule has 2 N–H and O–H groups in total. The van der Waals surface area contributed by atoms with E-state index in [9.17, 15) is 9.90 Å². The maximum absolute atomic E-state index is 11.0. The Morgan fingerprint density at radius 2 is 1.65 bits per heavy atom. The number of unbranched alkanes of at least 4 members (excludes halogenated alkanes) is 2. The molecule has 0 aliphatic heterocycles. The predicted molar refractivity (Wildman–Crippen MR) is 108 cm³/mol. The van der Waals surface area contributed by atoms with Crippen LogP contribution in [0.2, 0.25) is 0 Å². The molecule has 0 amide bonds. The number of aliphatic hydroxyl groups is 1. The van der Waals surface area contributed by atoms with Gasteiger partial charge in [-0.15, -0.1) is 0 Å². The molecule has 0 aliphatic rings. The Bertz CT molecular complexity index is 507. The molecule has 4 nitrogen and oxygen atoms in total. The van der Waals surface area contributed by atoms with Gasteiger partial charge in [-0.05, 0) is 31.9 Å². The number of carbonyl (C=O) groups excluding carboxylic acids is 1. The molecule has 0 aliphatic carbocycles. The van der Waals surface area contributed by atoms with Crippen molar-refractivity contribution in [2.45, 2.75) is 72.8 Å². The van der Waals surface area contributed by atoms with Crippen LogP contribution in [0.15, 0.2) is 42.5 Å². The molecule has 0 atom stereocenters. The number of hydrogen-bond acceptors (Lipinski definition) is 3. The maximum atomic E-state index is 11.0. The Hall–Kier alpha value is -1.94. The van der Waals surface area contributed by atoms with Gasteiger partial charge >= 0.3 is 0 Å². The van der Waals surface area contributed by atoms with E-state index in [0.29, 0.717) is 6.42 Å². The van der Waals surface area contributed by atoms with Crippen molar-refractivity contribution < 1.29 is 19.8 Å². The summed E-state index contributed by atoms with van der Waals surface area (Å²) in [5.74, 6) is -0.450. The molecule has 26 heavy (non-hydrogen) atoms. The highest BCUT2D eigenvalue weighted by atomic mass is 16.4. The van der Waals surface area contributed by atoms with E-state index in [2.05, 4.69) is 6.92 Å². The van der Waals surface area contributed by atoms with Crippen LogP contribution in [0.3, 0.4) is 0 Å². The van der Waals surface area contributed by atoms with E-state index in [1.165, 1.54) is 18.4 Å². The third-order valence-electron chi connectivity index (χ3n) is 3.06. The molecule has 0 bridgehead atoms. The standard InChI is InChI=1S/C10H14O.C10H18O.C2H4O2/c1-10(2,11)8-9-6-4-3-5-7-9;1-4-5-6-7-8-10(11)9(2)3;1-2(3)4/h3-7,11H,8H2,1-2H3;7-9H,4-6H2,1-3H3;1H3,(H,3,4). The highest BCUT2D eigenvalue weighted by Crippen LogP contribution is 2.10. The van der Waals surface area contributed by atoms with Crippen molar-refractivity contribution in [2.75, 3.05) is 0 Å². The number of hydrogen-bond donors (Lipinski definition) is 2. The SMILES string of the molecule is CC(=O)O.CC(C)(O)Cc1ccccc1.CCCCC=CC(=O)C(C)C. The molecule has 0 saturated carbocycles. The van der Waals surface area contributed by atoms with Crippen LogP contribution < -0.4 is 0 Å². The van der Waals surface area contributed by atoms with Crippen LogP contribution in [-0.4, -0.2) is 27.6 Å². The van der Waals surface area contributed by atoms with Gasteiger partial charge in [0.2, 0.25) is 0 Å². The van der Waals surface area contributed by atoms with Crippen LogP contribution in [0.4, 0.5) is 0 Å². The second-order valence-corrected chi connectivity index (χ2v) is 7.10. The summed E-state index contributed by atoms with van der Waals surface area (Å²) in [5, 5.41) is 16.9. The minimum absolute atomic E-state index is 0.146. The first-order chi connectivity index (χ1) is 12.0. The molecule has 0 fully saturated rings. The number of ketones is 1. The third kappa shape index (κ3) is 22.1. The van der Waals surface area contributed by atoms with Gasteiger partial charge in [0.1, 0.15) is 0 Å². The maximum Gasteiger partial charge on any atom is 0.300 e. The van der Waals surface area contributed by atoms with Crippen molar-refractivity contribution in [1.29, 1.82) is 0 Å². The summed E-state index contributed by atoms with van der Waals surface area (Å²) in [4.78, 5) is 20.0. The highest BCUT2D eigenvalue weighted by Gasteiger charge is 2.12. The fourth-order valence-corrected chi connectivity index (χ4v) is 1.81. The summed E-state index contributed by atoms with van der Waals surface area (Å²) in [6.45, 7) is 10.7. The Labute approximate surface area is 159 Å². The molecule has 0 unspecified atom stereocenters. The van der Waals surface area contributed by atoms with Crippen molar-refractivity contribution in [1.82, 2.24) is 0 Å². The van der Waals surface area contributed by atoms with Crippen molar-refractivity contribution in [3.63, 3.8) is 0 Å². The molecule has 148 valence electrons. The fraction of sp³-hybridized carbons (Fsp3) is 0.545. The molecule has 0 radical (unpaired) electrons. The van der Waals surface area contributed by atoms with Crippen LogP contribution in [0.25, 0.3) is 0 Å². The van der Waals surface area contributed by atoms with Crippen LogP contribution in [-0.2, 0) is 16.0 Å². The highest BCUT2D eigenvalue weighted by molar-refractivity contribution is 5.91. The van der Waals surface area contributed by atoms with Gasteiger partial charge in [-0.25, -0.2) is 0 Å². The zero-order chi connectivity index (χ0) is 20.6. The summed E-state index contributed by atoms with van der Waals surface area (Å²) >= 11 is 0. The molecular weight excluding hydrogens is 328 g/mol. The Morgan fingerprint density at radius 1 is 1.15 bits per heavy atom. The van der Waals surface area contributed by atoms with E-state index in [1.54, 1.807) is 6.08 Å². The van der Waals surface area contributed by atoms with Gasteiger partial charge in [-0.3, -0.25) is 9.59 Å². The lowest BCUT2D eigenvalue weighted by Crippen LogP contribution is -2.21. The lowest BCUT2D eigenvalue weighted by atomic mass is 9.99. The number of rotatable bonds is 7. The molecule has 0 heterocycles. The van der Waals surface area contributed by atoms with Gasteiger partial charge < -0.3 is 10.2 Å². The van der Waals surface area contributed by atoms with Gasteiger partial charge in [-0.1, -0.05) is 70.0 Å². The molecule has 1 aromatic carbocycles. The van der Waals surface area contributed by atoms with Crippen LogP contribution in [0.1, 0.15) is 66.4 Å². The van der Waals surface area contributed by atoms with E-state index >= 15 is 0 Å². The van der Waals surface area contributed by atoms with Crippen molar-refractivity contribution in [3.8, 4) is 0 Å². The Kier molecular flexibility index (Phi) is 15.5. The third-order valence-corrected chi connectivity index (χ3v) is 3.06. The van der Waals surface area contributed by atoms with E-state index in [-0.39, 0.29) is 11.7 Å². The van der Waals surface area contributed by atoms with Crippen molar-refractivity contribution >= 4 is 11.8 Å². The normalized spacial score (nSPS) is 10.6. The lowest BCUT2D eigenvalue weighted by Gasteiger charge is -2.16. The average molecular weight is 365 g/mol. The van der Waals surface area contributed by atoms with Crippen molar-refractivity contribution in [3.05, 3.63) is 48.0 Å². The van der Waals surface area contributed by atoms with Crippen LogP contribution in [0.5, 0.6) is 0 Å². The summed E-state index contributed by atoms with van der Waals surface area (Å²) < 4.78 is 0. The number of carboxylic acid groups (broad SMARTS) is 1. The van der Waals surface area contributed by atoms with E-state index in [1.807, 2.05) is 64.1 Å². The summed E-state index contributed by atoms with van der Waals surface area (Å²) in [6, 6.07) is 10.0. The summed E-state index contributed by atoms with van der Waals surface area (Å²) in [5.41, 5.74) is 0.585.